The molecule has 8 heteroatoms. The monoisotopic (exact) mass is 313 g/mol. The van der Waals surface area contributed by atoms with Crippen LogP contribution in [0.1, 0.15) is 25.0 Å². The molecule has 0 saturated heterocycles. The number of nitrogens with one attached hydrogen (secondary N) is 3. The molecule has 1 heterocycles. The predicted molar refractivity (Wildman–Crippen MR) is 79.1 cm³/mol. The molecule has 0 fully saturated rings. The number of carbonyl (C=O) groups excluding carboxylic acids is 1. The van der Waals surface area contributed by atoms with E-state index in [1.165, 1.54) is 0 Å². The molecule has 3 N–H and O–H groups in total. The van der Waals surface area contributed by atoms with Crippen molar-refractivity contribution in [2.24, 2.45) is 0 Å². The van der Waals surface area contributed by atoms with Crippen LogP contribution in [0.25, 0.3) is 0 Å². The lowest BCUT2D eigenvalue weighted by Crippen LogP contribution is -2.37. The summed E-state index contributed by atoms with van der Waals surface area (Å²) in [5, 5.41) is 3.22. The SMILES string of the molecule is CC(C)OC(=O)NS(=O)(=O)Nc1cccc2c1CCNC2. The van der Waals surface area contributed by atoms with Crippen LogP contribution in [-0.2, 0) is 27.9 Å². The first kappa shape index (κ1) is 15.6. The van der Waals surface area contributed by atoms with Gasteiger partial charge >= 0.3 is 16.3 Å². The predicted octanol–water partition coefficient (Wildman–Crippen LogP) is 1.12. The molecule has 0 aliphatic carbocycles. The molecule has 0 atom stereocenters. The van der Waals surface area contributed by atoms with E-state index in [1.54, 1.807) is 26.0 Å². The fraction of sp³-hybridized carbons (Fsp3) is 0.462. The van der Waals surface area contributed by atoms with Gasteiger partial charge in [0, 0.05) is 6.54 Å². The van der Waals surface area contributed by atoms with Crippen LogP contribution in [0, 0.1) is 0 Å². The number of anilines is 1. The van der Waals surface area contributed by atoms with Crippen molar-refractivity contribution >= 4 is 22.0 Å². The summed E-state index contributed by atoms with van der Waals surface area (Å²) in [6, 6.07) is 5.40. The Morgan fingerprint density at radius 1 is 1.38 bits per heavy atom. The highest BCUT2D eigenvalue weighted by Gasteiger charge is 2.19. The van der Waals surface area contributed by atoms with E-state index in [9.17, 15) is 13.2 Å². The van der Waals surface area contributed by atoms with E-state index in [1.807, 2.05) is 10.8 Å². The van der Waals surface area contributed by atoms with Crippen molar-refractivity contribution < 1.29 is 17.9 Å². The zero-order chi connectivity index (χ0) is 15.5. The lowest BCUT2D eigenvalue weighted by Gasteiger charge is -2.21. The molecule has 0 radical (unpaired) electrons. The van der Waals surface area contributed by atoms with Crippen molar-refractivity contribution in [3.8, 4) is 0 Å². The van der Waals surface area contributed by atoms with Crippen LogP contribution in [0.4, 0.5) is 10.5 Å². The van der Waals surface area contributed by atoms with Gasteiger partial charge in [0.2, 0.25) is 0 Å². The van der Waals surface area contributed by atoms with E-state index < -0.39 is 22.4 Å². The molecule has 0 saturated carbocycles. The first-order valence-electron chi connectivity index (χ1n) is 6.70. The Labute approximate surface area is 124 Å². The second-order valence-corrected chi connectivity index (χ2v) is 6.45. The third-order valence-corrected chi connectivity index (χ3v) is 3.87. The molecule has 0 spiro atoms. The highest BCUT2D eigenvalue weighted by Crippen LogP contribution is 2.23. The van der Waals surface area contributed by atoms with Gasteiger partial charge in [-0.05, 0) is 44.0 Å². The molecule has 0 aromatic heterocycles. The van der Waals surface area contributed by atoms with Gasteiger partial charge in [0.05, 0.1) is 11.8 Å². The molecule has 1 amide bonds. The summed E-state index contributed by atoms with van der Waals surface area (Å²) in [6.45, 7) is 4.77. The lowest BCUT2D eigenvalue weighted by atomic mass is 9.99. The molecular weight excluding hydrogens is 294 g/mol. The molecule has 7 nitrogen and oxygen atoms in total. The van der Waals surface area contributed by atoms with Crippen molar-refractivity contribution in [2.45, 2.75) is 32.9 Å². The smallest absolute Gasteiger partial charge is 0.422 e. The molecule has 116 valence electrons. The van der Waals surface area contributed by atoms with Crippen LogP contribution in [-0.4, -0.2) is 27.2 Å². The van der Waals surface area contributed by atoms with E-state index in [2.05, 4.69) is 10.0 Å². The summed E-state index contributed by atoms with van der Waals surface area (Å²) in [6.07, 6.45) is -0.662. The fourth-order valence-corrected chi connectivity index (χ4v) is 2.94. The molecule has 1 aliphatic heterocycles. The Bertz CT molecular complexity index is 628. The lowest BCUT2D eigenvalue weighted by molar-refractivity contribution is 0.121. The number of ether oxygens (including phenoxy) is 1. The second kappa shape index (κ2) is 6.31. The Hall–Kier alpha value is -1.80. The Morgan fingerprint density at radius 3 is 2.86 bits per heavy atom. The molecule has 0 unspecified atom stereocenters. The molecule has 1 aromatic rings. The third kappa shape index (κ3) is 4.33. The summed E-state index contributed by atoms with van der Waals surface area (Å²) in [4.78, 5) is 11.4. The first-order chi connectivity index (χ1) is 9.87. The van der Waals surface area contributed by atoms with Crippen molar-refractivity contribution in [3.05, 3.63) is 29.3 Å². The van der Waals surface area contributed by atoms with Gasteiger partial charge < -0.3 is 10.1 Å². The molecular formula is C13H19N3O4S. The van der Waals surface area contributed by atoms with Gasteiger partial charge in [0.1, 0.15) is 0 Å². The van der Waals surface area contributed by atoms with E-state index in [0.717, 1.165) is 24.1 Å². The number of hydrogen-bond acceptors (Lipinski definition) is 5. The number of rotatable bonds is 4. The molecule has 1 aromatic carbocycles. The maximum atomic E-state index is 11.9. The van der Waals surface area contributed by atoms with E-state index >= 15 is 0 Å². The quantitative estimate of drug-likeness (QED) is 0.774. The number of fused-ring (bicyclic) bond motifs is 1. The van der Waals surface area contributed by atoms with Gasteiger partial charge in [-0.3, -0.25) is 4.72 Å². The maximum Gasteiger partial charge on any atom is 0.422 e. The highest BCUT2D eigenvalue weighted by molar-refractivity contribution is 7.91. The summed E-state index contributed by atoms with van der Waals surface area (Å²) in [5.41, 5.74) is 2.48. The Balaban J connectivity index is 2.12. The van der Waals surface area contributed by atoms with Crippen molar-refractivity contribution in [2.75, 3.05) is 11.3 Å². The van der Waals surface area contributed by atoms with Gasteiger partial charge in [-0.2, -0.15) is 8.42 Å². The van der Waals surface area contributed by atoms with Crippen LogP contribution in [0.3, 0.4) is 0 Å². The Kier molecular flexibility index (Phi) is 4.69. The molecule has 21 heavy (non-hydrogen) atoms. The molecule has 1 aliphatic rings. The van der Waals surface area contributed by atoms with E-state index in [-0.39, 0.29) is 0 Å². The van der Waals surface area contributed by atoms with Gasteiger partial charge in [0.15, 0.2) is 0 Å². The van der Waals surface area contributed by atoms with Crippen molar-refractivity contribution in [1.29, 1.82) is 0 Å². The van der Waals surface area contributed by atoms with E-state index in [0.29, 0.717) is 12.2 Å². The van der Waals surface area contributed by atoms with Crippen LogP contribution in [0.15, 0.2) is 18.2 Å². The Morgan fingerprint density at radius 2 is 2.14 bits per heavy atom. The zero-order valence-electron chi connectivity index (χ0n) is 12.0. The normalized spacial score (nSPS) is 14.4. The zero-order valence-corrected chi connectivity index (χ0v) is 12.8. The first-order valence-corrected chi connectivity index (χ1v) is 8.18. The van der Waals surface area contributed by atoms with Crippen molar-refractivity contribution in [1.82, 2.24) is 10.0 Å². The number of benzene rings is 1. The summed E-state index contributed by atoms with van der Waals surface area (Å²) in [5.74, 6) is 0. The van der Waals surface area contributed by atoms with Crippen LogP contribution >= 0.6 is 0 Å². The van der Waals surface area contributed by atoms with Crippen LogP contribution < -0.4 is 14.8 Å². The molecule has 2 rings (SSSR count). The minimum atomic E-state index is -4.01. The summed E-state index contributed by atoms with van der Waals surface area (Å²) < 4.78 is 32.8. The topological polar surface area (TPSA) is 96.5 Å². The van der Waals surface area contributed by atoms with Gasteiger partial charge in [-0.15, -0.1) is 0 Å². The average molecular weight is 313 g/mol. The second-order valence-electron chi connectivity index (χ2n) is 5.03. The minimum Gasteiger partial charge on any atom is -0.446 e. The minimum absolute atomic E-state index is 0.393. The van der Waals surface area contributed by atoms with Gasteiger partial charge in [-0.1, -0.05) is 12.1 Å². The van der Waals surface area contributed by atoms with Gasteiger partial charge in [-0.25, -0.2) is 9.52 Å². The largest absolute Gasteiger partial charge is 0.446 e. The number of carbonyl (C=O) groups is 1. The van der Waals surface area contributed by atoms with Crippen LogP contribution in [0.5, 0.6) is 0 Å². The average Bonchev–Trinajstić information content (AvgIpc) is 2.37. The summed E-state index contributed by atoms with van der Waals surface area (Å²) >= 11 is 0. The van der Waals surface area contributed by atoms with E-state index in [4.69, 9.17) is 4.74 Å². The maximum absolute atomic E-state index is 11.9. The number of amides is 1. The number of hydrogen-bond donors (Lipinski definition) is 3. The fourth-order valence-electron chi connectivity index (χ4n) is 2.15. The van der Waals surface area contributed by atoms with Crippen LogP contribution in [0.2, 0.25) is 0 Å². The highest BCUT2D eigenvalue weighted by atomic mass is 32.2. The standard InChI is InChI=1S/C13H19N3O4S/c1-9(2)20-13(17)16-21(18,19)15-12-5-3-4-10-8-14-7-6-11(10)12/h3-5,9,14-15H,6-8H2,1-2H3,(H,16,17). The summed E-state index contributed by atoms with van der Waals surface area (Å²) in [7, 11) is -4.01. The third-order valence-electron chi connectivity index (χ3n) is 2.95. The van der Waals surface area contributed by atoms with Crippen molar-refractivity contribution in [3.63, 3.8) is 0 Å². The van der Waals surface area contributed by atoms with Gasteiger partial charge in [0.25, 0.3) is 0 Å². The molecule has 0 bridgehead atoms.